The maximum atomic E-state index is 12.9. The van der Waals surface area contributed by atoms with Crippen LogP contribution >= 0.6 is 24.0 Å². The number of halogens is 2. The average Bonchev–Trinajstić information content (AvgIpc) is 2.68. The third-order valence-corrected chi connectivity index (χ3v) is 4.40. The molecule has 0 saturated carbocycles. The summed E-state index contributed by atoms with van der Waals surface area (Å²) < 4.78 is 0. The van der Waals surface area contributed by atoms with Crippen LogP contribution in [0, 0.1) is 0 Å². The number of aliphatic hydroxyl groups excluding tert-OH is 2. The summed E-state index contributed by atoms with van der Waals surface area (Å²) in [6.45, 7) is 0.331. The fraction of sp³-hybridized carbons (Fsp3) is 0.300. The van der Waals surface area contributed by atoms with E-state index in [1.54, 1.807) is 54.4 Å². The van der Waals surface area contributed by atoms with Crippen LogP contribution in [0.2, 0.25) is 5.02 Å². The molecule has 0 heterocycles. The first-order chi connectivity index (χ1) is 13.0. The highest BCUT2D eigenvalue weighted by atomic mass is 35.5. The Bertz CT molecular complexity index is 781. The summed E-state index contributed by atoms with van der Waals surface area (Å²) in [5.74, 6) is -0.489. The van der Waals surface area contributed by atoms with Gasteiger partial charge in [-0.15, -0.1) is 12.4 Å². The van der Waals surface area contributed by atoms with Gasteiger partial charge in [0.05, 0.1) is 25.4 Å². The Hall–Kier alpha value is -1.96. The number of hydrogen-bond acceptors (Lipinski definition) is 5. The van der Waals surface area contributed by atoms with E-state index in [4.69, 9.17) is 21.8 Å². The number of likely N-dealkylation sites (N-methyl/N-ethyl adjacent to an activating group) is 1. The Morgan fingerprint density at radius 3 is 2.18 bits per heavy atom. The topological polar surface area (TPSA) is 81.1 Å². The number of rotatable bonds is 9. The van der Waals surface area contributed by atoms with Crippen LogP contribution in [0.1, 0.15) is 15.9 Å². The van der Waals surface area contributed by atoms with Crippen LogP contribution in [0.5, 0.6) is 0 Å². The van der Waals surface area contributed by atoms with Crippen molar-refractivity contribution in [1.82, 2.24) is 4.90 Å². The van der Waals surface area contributed by atoms with Gasteiger partial charge in [-0.3, -0.25) is 14.5 Å². The second kappa shape index (κ2) is 11.8. The molecule has 152 valence electrons. The van der Waals surface area contributed by atoms with E-state index >= 15 is 0 Å². The molecule has 0 unspecified atom stereocenters. The van der Waals surface area contributed by atoms with Crippen molar-refractivity contribution in [3.05, 3.63) is 64.7 Å². The van der Waals surface area contributed by atoms with Gasteiger partial charge < -0.3 is 15.1 Å². The molecule has 0 bridgehead atoms. The monoisotopic (exact) mass is 426 g/mol. The predicted octanol–water partition coefficient (Wildman–Crippen LogP) is 2.24. The molecule has 6 nitrogen and oxygen atoms in total. The normalized spacial score (nSPS) is 10.5. The highest BCUT2D eigenvalue weighted by molar-refractivity contribution is 6.31. The van der Waals surface area contributed by atoms with Gasteiger partial charge in [-0.2, -0.15) is 0 Å². The van der Waals surface area contributed by atoms with Crippen molar-refractivity contribution in [2.24, 2.45) is 0 Å². The first kappa shape index (κ1) is 24.1. The zero-order valence-electron chi connectivity index (χ0n) is 15.5. The summed E-state index contributed by atoms with van der Waals surface area (Å²) in [4.78, 5) is 28.6. The molecular formula is C20H24Cl2N2O4. The quantitative estimate of drug-likeness (QED) is 0.600. The standard InChI is InChI=1S/C20H23ClN2O4.ClH/c1-22(19(26)14-23(9-11-24)10-12-25)18-8-7-16(21)13-17(18)20(27)15-5-3-2-4-6-15;/h2-8,13,24-25H,9-12,14H2,1H3;1H. The van der Waals surface area contributed by atoms with Crippen LogP contribution in [0.4, 0.5) is 5.69 Å². The molecule has 0 saturated heterocycles. The molecule has 0 fully saturated rings. The summed E-state index contributed by atoms with van der Waals surface area (Å²) in [5.41, 5.74) is 1.29. The molecule has 2 aromatic carbocycles. The lowest BCUT2D eigenvalue weighted by molar-refractivity contribution is -0.119. The van der Waals surface area contributed by atoms with E-state index in [1.807, 2.05) is 6.07 Å². The number of ketones is 1. The second-order valence-electron chi connectivity index (χ2n) is 6.03. The molecule has 28 heavy (non-hydrogen) atoms. The van der Waals surface area contributed by atoms with Gasteiger partial charge in [0, 0.05) is 36.3 Å². The number of anilines is 1. The van der Waals surface area contributed by atoms with Crippen LogP contribution in [-0.4, -0.2) is 66.7 Å². The van der Waals surface area contributed by atoms with E-state index in [9.17, 15) is 9.59 Å². The lowest BCUT2D eigenvalue weighted by Crippen LogP contribution is -2.41. The van der Waals surface area contributed by atoms with E-state index in [-0.39, 0.29) is 56.9 Å². The van der Waals surface area contributed by atoms with Crippen molar-refractivity contribution < 1.29 is 19.8 Å². The van der Waals surface area contributed by atoms with E-state index in [0.717, 1.165) is 0 Å². The molecule has 2 N–H and O–H groups in total. The van der Waals surface area contributed by atoms with E-state index < -0.39 is 0 Å². The highest BCUT2D eigenvalue weighted by Gasteiger charge is 2.21. The molecule has 2 aromatic rings. The van der Waals surface area contributed by atoms with Crippen molar-refractivity contribution in [2.45, 2.75) is 0 Å². The fourth-order valence-corrected chi connectivity index (χ4v) is 2.88. The summed E-state index contributed by atoms with van der Waals surface area (Å²) in [6.07, 6.45) is 0. The third kappa shape index (κ3) is 6.29. The van der Waals surface area contributed by atoms with Crippen LogP contribution in [0.3, 0.4) is 0 Å². The molecule has 0 aliphatic rings. The lowest BCUT2D eigenvalue weighted by Gasteiger charge is -2.25. The van der Waals surface area contributed by atoms with Gasteiger partial charge in [-0.25, -0.2) is 0 Å². The van der Waals surface area contributed by atoms with Crippen molar-refractivity contribution in [3.63, 3.8) is 0 Å². The Morgan fingerprint density at radius 1 is 1.00 bits per heavy atom. The van der Waals surface area contributed by atoms with Crippen molar-refractivity contribution in [3.8, 4) is 0 Å². The Morgan fingerprint density at radius 2 is 1.61 bits per heavy atom. The van der Waals surface area contributed by atoms with Crippen LogP contribution < -0.4 is 4.90 Å². The van der Waals surface area contributed by atoms with E-state index in [2.05, 4.69) is 0 Å². The van der Waals surface area contributed by atoms with E-state index in [0.29, 0.717) is 21.8 Å². The van der Waals surface area contributed by atoms with Gasteiger partial charge in [0.1, 0.15) is 0 Å². The number of aliphatic hydroxyl groups is 2. The molecule has 0 aliphatic heterocycles. The van der Waals surface area contributed by atoms with Crippen LogP contribution in [0.25, 0.3) is 0 Å². The molecular weight excluding hydrogens is 403 g/mol. The number of nitrogens with zero attached hydrogens (tertiary/aromatic N) is 2. The summed E-state index contributed by atoms with van der Waals surface area (Å²) in [5, 5.41) is 18.6. The summed E-state index contributed by atoms with van der Waals surface area (Å²) >= 11 is 6.08. The van der Waals surface area contributed by atoms with Crippen molar-refractivity contribution >= 4 is 41.4 Å². The first-order valence-corrected chi connectivity index (χ1v) is 8.95. The number of benzene rings is 2. The largest absolute Gasteiger partial charge is 0.395 e. The van der Waals surface area contributed by atoms with Crippen LogP contribution in [0.15, 0.2) is 48.5 Å². The molecule has 1 amide bonds. The molecule has 2 rings (SSSR count). The number of carbonyl (C=O) groups is 2. The molecule has 0 radical (unpaired) electrons. The minimum absolute atomic E-state index is 0. The molecule has 0 atom stereocenters. The molecule has 8 heteroatoms. The van der Waals surface area contributed by atoms with Gasteiger partial charge in [0.2, 0.25) is 5.91 Å². The molecule has 0 aromatic heterocycles. The highest BCUT2D eigenvalue weighted by Crippen LogP contribution is 2.26. The smallest absolute Gasteiger partial charge is 0.240 e. The van der Waals surface area contributed by atoms with Gasteiger partial charge in [0.25, 0.3) is 0 Å². The van der Waals surface area contributed by atoms with Crippen molar-refractivity contribution in [1.29, 1.82) is 0 Å². The van der Waals surface area contributed by atoms with Gasteiger partial charge in [-0.05, 0) is 18.2 Å². The van der Waals surface area contributed by atoms with Gasteiger partial charge in [-0.1, -0.05) is 41.9 Å². The maximum absolute atomic E-state index is 12.9. The van der Waals surface area contributed by atoms with E-state index in [1.165, 1.54) is 4.90 Å². The maximum Gasteiger partial charge on any atom is 0.240 e. The zero-order chi connectivity index (χ0) is 19.8. The fourth-order valence-electron chi connectivity index (χ4n) is 2.71. The minimum Gasteiger partial charge on any atom is -0.395 e. The Balaban J connectivity index is 0.00000392. The Kier molecular flexibility index (Phi) is 10.1. The van der Waals surface area contributed by atoms with Crippen LogP contribution in [-0.2, 0) is 4.79 Å². The third-order valence-electron chi connectivity index (χ3n) is 4.17. The van der Waals surface area contributed by atoms with Gasteiger partial charge >= 0.3 is 0 Å². The van der Waals surface area contributed by atoms with Crippen molar-refractivity contribution in [2.75, 3.05) is 44.8 Å². The molecule has 0 spiro atoms. The average molecular weight is 427 g/mol. The number of carbonyl (C=O) groups excluding carboxylic acids is 2. The number of hydrogen-bond donors (Lipinski definition) is 2. The zero-order valence-corrected chi connectivity index (χ0v) is 17.1. The number of amides is 1. The predicted molar refractivity (Wildman–Crippen MR) is 113 cm³/mol. The first-order valence-electron chi connectivity index (χ1n) is 8.58. The SMILES string of the molecule is CN(C(=O)CN(CCO)CCO)c1ccc(Cl)cc1C(=O)c1ccccc1.Cl. The summed E-state index contributed by atoms with van der Waals surface area (Å²) in [7, 11) is 1.59. The Labute approximate surface area is 175 Å². The minimum atomic E-state index is -0.263. The summed E-state index contributed by atoms with van der Waals surface area (Å²) in [6, 6.07) is 13.6. The van der Waals surface area contributed by atoms with Gasteiger partial charge in [0.15, 0.2) is 5.78 Å². The molecule has 0 aliphatic carbocycles. The lowest BCUT2D eigenvalue weighted by atomic mass is 10.0. The second-order valence-corrected chi connectivity index (χ2v) is 6.47.